The molecule has 3 N–H and O–H groups in total. The van der Waals surface area contributed by atoms with Gasteiger partial charge in [0.1, 0.15) is 0 Å². The number of nitrogens with one attached hydrogen (secondary N) is 1. The summed E-state index contributed by atoms with van der Waals surface area (Å²) >= 11 is 0. The highest BCUT2D eigenvalue weighted by Gasteiger charge is 2.14. The van der Waals surface area contributed by atoms with Gasteiger partial charge in [-0.05, 0) is 31.6 Å². The van der Waals surface area contributed by atoms with Crippen LogP contribution in [0.3, 0.4) is 0 Å². The molecule has 0 spiro atoms. The molecule has 0 aromatic rings. The predicted octanol–water partition coefficient (Wildman–Crippen LogP) is 2.30. The first-order chi connectivity index (χ1) is 7.32. The van der Waals surface area contributed by atoms with E-state index in [-0.39, 0.29) is 18.0 Å². The Labute approximate surface area is 100 Å². The number of amides is 1. The topological polar surface area (TPSA) is 55.1 Å². The maximum atomic E-state index is 11.6. The van der Waals surface area contributed by atoms with Crippen LogP contribution < -0.4 is 11.1 Å². The van der Waals surface area contributed by atoms with E-state index < -0.39 is 0 Å². The van der Waals surface area contributed by atoms with Gasteiger partial charge in [0, 0.05) is 18.5 Å². The first-order valence-electron chi connectivity index (χ1n) is 6.37. The monoisotopic (exact) mass is 228 g/mol. The van der Waals surface area contributed by atoms with Gasteiger partial charge in [0.2, 0.25) is 5.91 Å². The molecule has 16 heavy (non-hydrogen) atoms. The Bertz CT molecular complexity index is 202. The Hall–Kier alpha value is -0.570. The van der Waals surface area contributed by atoms with Crippen LogP contribution in [0.25, 0.3) is 0 Å². The zero-order valence-electron chi connectivity index (χ0n) is 11.4. The molecule has 0 fully saturated rings. The van der Waals surface area contributed by atoms with Gasteiger partial charge in [-0.2, -0.15) is 0 Å². The highest BCUT2D eigenvalue weighted by atomic mass is 16.1. The van der Waals surface area contributed by atoms with Crippen LogP contribution in [-0.2, 0) is 4.79 Å². The summed E-state index contributed by atoms with van der Waals surface area (Å²) in [5, 5.41) is 3.00. The summed E-state index contributed by atoms with van der Waals surface area (Å²) in [6, 6.07) is 0.228. The lowest BCUT2D eigenvalue weighted by atomic mass is 10.0. The third-order valence-corrected chi connectivity index (χ3v) is 2.86. The SMILES string of the molecule is CC(C)CCC(C)NC(=O)CC(N)C(C)C. The van der Waals surface area contributed by atoms with Gasteiger partial charge in [0.15, 0.2) is 0 Å². The minimum absolute atomic E-state index is 0.0303. The number of carbonyl (C=O) groups is 1. The fraction of sp³-hybridized carbons (Fsp3) is 0.923. The van der Waals surface area contributed by atoms with Gasteiger partial charge in [-0.25, -0.2) is 0 Å². The third kappa shape index (κ3) is 7.69. The predicted molar refractivity (Wildman–Crippen MR) is 69.1 cm³/mol. The van der Waals surface area contributed by atoms with Crippen molar-refractivity contribution in [2.45, 2.75) is 66.0 Å². The smallest absolute Gasteiger partial charge is 0.221 e. The van der Waals surface area contributed by atoms with Crippen LogP contribution in [0.4, 0.5) is 0 Å². The maximum Gasteiger partial charge on any atom is 0.221 e. The van der Waals surface area contributed by atoms with Crippen LogP contribution in [0.2, 0.25) is 0 Å². The van der Waals surface area contributed by atoms with E-state index in [2.05, 4.69) is 26.1 Å². The van der Waals surface area contributed by atoms with E-state index in [0.717, 1.165) is 12.8 Å². The first kappa shape index (κ1) is 15.4. The van der Waals surface area contributed by atoms with Gasteiger partial charge >= 0.3 is 0 Å². The number of rotatable bonds is 7. The second kappa shape index (κ2) is 7.66. The molecule has 2 unspecified atom stereocenters. The molecule has 0 rings (SSSR count). The molecule has 0 aliphatic carbocycles. The highest BCUT2D eigenvalue weighted by molar-refractivity contribution is 5.76. The molecule has 0 aliphatic rings. The second-order valence-electron chi connectivity index (χ2n) is 5.55. The van der Waals surface area contributed by atoms with E-state index in [0.29, 0.717) is 18.3 Å². The van der Waals surface area contributed by atoms with Gasteiger partial charge in [0.05, 0.1) is 0 Å². The highest BCUT2D eigenvalue weighted by Crippen LogP contribution is 2.07. The first-order valence-corrected chi connectivity index (χ1v) is 6.37. The van der Waals surface area contributed by atoms with Gasteiger partial charge < -0.3 is 11.1 Å². The Morgan fingerprint density at radius 3 is 2.12 bits per heavy atom. The molecule has 0 saturated carbocycles. The van der Waals surface area contributed by atoms with Crippen molar-refractivity contribution in [1.29, 1.82) is 0 Å². The molecule has 0 aliphatic heterocycles. The van der Waals surface area contributed by atoms with Crippen LogP contribution in [0.15, 0.2) is 0 Å². The van der Waals surface area contributed by atoms with Gasteiger partial charge in [-0.15, -0.1) is 0 Å². The second-order valence-corrected chi connectivity index (χ2v) is 5.55. The summed E-state index contributed by atoms with van der Waals surface area (Å²) in [7, 11) is 0. The molecular weight excluding hydrogens is 200 g/mol. The fourth-order valence-corrected chi connectivity index (χ4v) is 1.44. The normalized spacial score (nSPS) is 15.2. The van der Waals surface area contributed by atoms with Crippen molar-refractivity contribution in [2.24, 2.45) is 17.6 Å². The summed E-state index contributed by atoms with van der Waals surface area (Å²) in [4.78, 5) is 11.6. The summed E-state index contributed by atoms with van der Waals surface area (Å²) in [6.07, 6.45) is 2.63. The average Bonchev–Trinajstić information content (AvgIpc) is 2.14. The summed E-state index contributed by atoms with van der Waals surface area (Å²) in [5.41, 5.74) is 5.85. The quantitative estimate of drug-likeness (QED) is 0.702. The van der Waals surface area contributed by atoms with Crippen LogP contribution in [-0.4, -0.2) is 18.0 Å². The van der Waals surface area contributed by atoms with E-state index in [1.54, 1.807) is 0 Å². The molecule has 3 heteroatoms. The van der Waals surface area contributed by atoms with Crippen LogP contribution >= 0.6 is 0 Å². The number of hydrogen-bond donors (Lipinski definition) is 2. The van der Waals surface area contributed by atoms with Crippen LogP contribution in [0.1, 0.15) is 53.9 Å². The lowest BCUT2D eigenvalue weighted by molar-refractivity contribution is -0.122. The van der Waals surface area contributed by atoms with Crippen molar-refractivity contribution >= 4 is 5.91 Å². The number of nitrogens with two attached hydrogens (primary N) is 1. The van der Waals surface area contributed by atoms with Gasteiger partial charge in [-0.1, -0.05) is 27.7 Å². The average molecular weight is 228 g/mol. The molecule has 0 radical (unpaired) electrons. The van der Waals surface area contributed by atoms with E-state index in [9.17, 15) is 4.79 Å². The standard InChI is InChI=1S/C13H28N2O/c1-9(2)6-7-11(5)15-13(16)8-12(14)10(3)4/h9-12H,6-8,14H2,1-5H3,(H,15,16). The van der Waals surface area contributed by atoms with Crippen molar-refractivity contribution in [3.63, 3.8) is 0 Å². The molecule has 1 amide bonds. The lowest BCUT2D eigenvalue weighted by Crippen LogP contribution is -2.38. The Kier molecular flexibility index (Phi) is 7.39. The zero-order valence-corrected chi connectivity index (χ0v) is 11.4. The Balaban J connectivity index is 3.78. The molecule has 0 aromatic carbocycles. The molecule has 0 saturated heterocycles. The van der Waals surface area contributed by atoms with E-state index in [1.165, 1.54) is 0 Å². The molecule has 0 bridgehead atoms. The molecule has 2 atom stereocenters. The van der Waals surface area contributed by atoms with Crippen molar-refractivity contribution < 1.29 is 4.79 Å². The summed E-state index contributed by atoms with van der Waals surface area (Å²) < 4.78 is 0. The van der Waals surface area contributed by atoms with Crippen molar-refractivity contribution in [3.8, 4) is 0 Å². The minimum Gasteiger partial charge on any atom is -0.354 e. The van der Waals surface area contributed by atoms with Crippen LogP contribution in [0.5, 0.6) is 0 Å². The van der Waals surface area contributed by atoms with E-state index in [1.807, 2.05) is 13.8 Å². The Morgan fingerprint density at radius 1 is 1.12 bits per heavy atom. The van der Waals surface area contributed by atoms with E-state index in [4.69, 9.17) is 5.73 Å². The van der Waals surface area contributed by atoms with Gasteiger partial charge in [-0.3, -0.25) is 4.79 Å². The number of carbonyl (C=O) groups excluding carboxylic acids is 1. The third-order valence-electron chi connectivity index (χ3n) is 2.86. The van der Waals surface area contributed by atoms with Crippen molar-refractivity contribution in [2.75, 3.05) is 0 Å². The van der Waals surface area contributed by atoms with Gasteiger partial charge in [0.25, 0.3) is 0 Å². The molecule has 0 heterocycles. The Morgan fingerprint density at radius 2 is 1.69 bits per heavy atom. The summed E-state index contributed by atoms with van der Waals surface area (Å²) in [6.45, 7) is 10.5. The molecular formula is C13H28N2O. The van der Waals surface area contributed by atoms with Crippen LogP contribution in [0, 0.1) is 11.8 Å². The molecule has 3 nitrogen and oxygen atoms in total. The zero-order chi connectivity index (χ0) is 12.7. The summed E-state index contributed by atoms with van der Waals surface area (Å²) in [5.74, 6) is 1.13. The molecule has 96 valence electrons. The largest absolute Gasteiger partial charge is 0.354 e. The number of hydrogen-bond acceptors (Lipinski definition) is 2. The van der Waals surface area contributed by atoms with Crippen molar-refractivity contribution in [1.82, 2.24) is 5.32 Å². The molecule has 0 aromatic heterocycles. The van der Waals surface area contributed by atoms with E-state index >= 15 is 0 Å². The minimum atomic E-state index is -0.0303. The fourth-order valence-electron chi connectivity index (χ4n) is 1.44. The maximum absolute atomic E-state index is 11.6. The lowest BCUT2D eigenvalue weighted by Gasteiger charge is -2.18. The van der Waals surface area contributed by atoms with Crippen molar-refractivity contribution in [3.05, 3.63) is 0 Å².